The molecule has 3 aromatic rings. The van der Waals surface area contributed by atoms with Crippen LogP contribution in [0.3, 0.4) is 0 Å². The van der Waals surface area contributed by atoms with Crippen molar-refractivity contribution >= 4 is 21.6 Å². The fourth-order valence-electron chi connectivity index (χ4n) is 1.91. The molecule has 0 unspecified atom stereocenters. The molecule has 2 heterocycles. The number of para-hydroxylation sites is 2. The molecule has 2 aromatic heterocycles. The molecule has 3 rings (SSSR count). The molecule has 5 nitrogen and oxygen atoms in total. The van der Waals surface area contributed by atoms with Gasteiger partial charge in [-0.1, -0.05) is 17.3 Å². The third kappa shape index (κ3) is 2.85. The molecule has 0 radical (unpaired) electrons. The summed E-state index contributed by atoms with van der Waals surface area (Å²) < 4.78 is 2.71. The van der Waals surface area contributed by atoms with Crippen LogP contribution >= 0.6 is 15.9 Å². The van der Waals surface area contributed by atoms with E-state index in [0.717, 1.165) is 21.4 Å². The summed E-state index contributed by atoms with van der Waals surface area (Å²) in [5.74, 6) is 0. The monoisotopic (exact) mass is 329 g/mol. The van der Waals surface area contributed by atoms with Crippen LogP contribution in [0, 0.1) is 0 Å². The maximum Gasteiger partial charge on any atom is 0.0894 e. The minimum atomic E-state index is 0.693. The van der Waals surface area contributed by atoms with E-state index in [4.69, 9.17) is 0 Å². The molecule has 0 spiro atoms. The first-order chi connectivity index (χ1) is 9.83. The lowest BCUT2D eigenvalue weighted by Gasteiger charge is -2.11. The number of nitrogens with zero attached hydrogens (tertiary/aromatic N) is 4. The Balaban J connectivity index is 1.81. The summed E-state index contributed by atoms with van der Waals surface area (Å²) in [4.78, 5) is 4.15. The summed E-state index contributed by atoms with van der Waals surface area (Å²) in [6.45, 7) is 0.693. The highest BCUT2D eigenvalue weighted by molar-refractivity contribution is 9.10. The zero-order chi connectivity index (χ0) is 13.8. The van der Waals surface area contributed by atoms with E-state index >= 15 is 0 Å². The van der Waals surface area contributed by atoms with Gasteiger partial charge in [-0.15, -0.1) is 5.10 Å². The normalized spacial score (nSPS) is 10.4. The molecule has 0 fully saturated rings. The van der Waals surface area contributed by atoms with Gasteiger partial charge < -0.3 is 5.32 Å². The third-order valence-electron chi connectivity index (χ3n) is 2.82. The van der Waals surface area contributed by atoms with Gasteiger partial charge in [0.2, 0.25) is 0 Å². The molecule has 0 aliphatic heterocycles. The Hall–Kier alpha value is -2.21. The SMILES string of the molecule is Brc1cncc(CNc2ccccc2-n2ccnn2)c1. The molecule has 0 atom stereocenters. The highest BCUT2D eigenvalue weighted by Crippen LogP contribution is 2.20. The van der Waals surface area contributed by atoms with Crippen LogP contribution in [0.4, 0.5) is 5.69 Å². The van der Waals surface area contributed by atoms with Crippen LogP contribution in [0.5, 0.6) is 0 Å². The van der Waals surface area contributed by atoms with Crippen LogP contribution in [0.2, 0.25) is 0 Å². The summed E-state index contributed by atoms with van der Waals surface area (Å²) in [5.41, 5.74) is 3.07. The zero-order valence-electron chi connectivity index (χ0n) is 10.6. The zero-order valence-corrected chi connectivity index (χ0v) is 12.2. The number of hydrogen-bond acceptors (Lipinski definition) is 4. The van der Waals surface area contributed by atoms with Crippen LogP contribution in [0.1, 0.15) is 5.56 Å². The van der Waals surface area contributed by atoms with Crippen molar-refractivity contribution in [2.24, 2.45) is 0 Å². The lowest BCUT2D eigenvalue weighted by molar-refractivity contribution is 0.803. The van der Waals surface area contributed by atoms with E-state index in [1.807, 2.05) is 42.7 Å². The van der Waals surface area contributed by atoms with E-state index in [-0.39, 0.29) is 0 Å². The second-order valence-electron chi connectivity index (χ2n) is 4.23. The second kappa shape index (κ2) is 5.83. The van der Waals surface area contributed by atoms with Gasteiger partial charge >= 0.3 is 0 Å². The van der Waals surface area contributed by atoms with Crippen molar-refractivity contribution in [2.45, 2.75) is 6.54 Å². The first-order valence-electron chi connectivity index (χ1n) is 6.12. The number of pyridine rings is 1. The Morgan fingerprint density at radius 2 is 2.10 bits per heavy atom. The average molecular weight is 330 g/mol. The minimum absolute atomic E-state index is 0.693. The smallest absolute Gasteiger partial charge is 0.0894 e. The van der Waals surface area contributed by atoms with Crippen LogP contribution in [0.15, 0.2) is 59.6 Å². The van der Waals surface area contributed by atoms with Crippen molar-refractivity contribution in [1.29, 1.82) is 0 Å². The third-order valence-corrected chi connectivity index (χ3v) is 3.25. The highest BCUT2D eigenvalue weighted by atomic mass is 79.9. The number of halogens is 1. The number of hydrogen-bond donors (Lipinski definition) is 1. The van der Waals surface area contributed by atoms with E-state index in [1.54, 1.807) is 17.1 Å². The van der Waals surface area contributed by atoms with Gasteiger partial charge in [0, 0.05) is 23.4 Å². The number of rotatable bonds is 4. The standard InChI is InChI=1S/C14H12BrN5/c15-12-7-11(8-16-10-12)9-17-13-3-1-2-4-14(13)20-6-5-18-19-20/h1-8,10,17H,9H2. The molecule has 1 aromatic carbocycles. The highest BCUT2D eigenvalue weighted by Gasteiger charge is 2.04. The molecule has 0 aliphatic rings. The molecule has 0 aliphatic carbocycles. The minimum Gasteiger partial charge on any atom is -0.379 e. The lowest BCUT2D eigenvalue weighted by Crippen LogP contribution is -2.05. The summed E-state index contributed by atoms with van der Waals surface area (Å²) >= 11 is 3.42. The molecule has 6 heteroatoms. The lowest BCUT2D eigenvalue weighted by atomic mass is 10.2. The fourth-order valence-corrected chi connectivity index (χ4v) is 2.32. The van der Waals surface area contributed by atoms with Crippen molar-refractivity contribution < 1.29 is 0 Å². The van der Waals surface area contributed by atoms with Gasteiger partial charge in [-0.3, -0.25) is 4.98 Å². The van der Waals surface area contributed by atoms with Crippen molar-refractivity contribution in [3.05, 3.63) is 65.2 Å². The van der Waals surface area contributed by atoms with Crippen molar-refractivity contribution in [2.75, 3.05) is 5.32 Å². The van der Waals surface area contributed by atoms with E-state index in [1.165, 1.54) is 0 Å². The predicted molar refractivity (Wildman–Crippen MR) is 80.6 cm³/mol. The van der Waals surface area contributed by atoms with Crippen molar-refractivity contribution in [3.8, 4) is 5.69 Å². The number of nitrogens with one attached hydrogen (secondary N) is 1. The van der Waals surface area contributed by atoms with E-state index in [9.17, 15) is 0 Å². The first-order valence-corrected chi connectivity index (χ1v) is 6.91. The Morgan fingerprint density at radius 3 is 2.90 bits per heavy atom. The van der Waals surface area contributed by atoms with Crippen molar-refractivity contribution in [1.82, 2.24) is 20.0 Å². The summed E-state index contributed by atoms with van der Waals surface area (Å²) in [7, 11) is 0. The average Bonchev–Trinajstić information content (AvgIpc) is 3.00. The van der Waals surface area contributed by atoms with Crippen LogP contribution in [0.25, 0.3) is 5.69 Å². The molecule has 0 saturated carbocycles. The second-order valence-corrected chi connectivity index (χ2v) is 5.15. The quantitative estimate of drug-likeness (QED) is 0.799. The van der Waals surface area contributed by atoms with Gasteiger partial charge in [0.1, 0.15) is 0 Å². The van der Waals surface area contributed by atoms with Gasteiger partial charge in [0.25, 0.3) is 0 Å². The molecule has 1 N–H and O–H groups in total. The molecule has 20 heavy (non-hydrogen) atoms. The van der Waals surface area contributed by atoms with Crippen LogP contribution in [-0.4, -0.2) is 20.0 Å². The fraction of sp³-hybridized carbons (Fsp3) is 0.0714. The van der Waals surface area contributed by atoms with Gasteiger partial charge in [0.05, 0.1) is 23.8 Å². The van der Waals surface area contributed by atoms with Gasteiger partial charge in [0.15, 0.2) is 0 Å². The molecule has 0 amide bonds. The van der Waals surface area contributed by atoms with Gasteiger partial charge in [-0.05, 0) is 39.7 Å². The molecule has 100 valence electrons. The first kappa shape index (κ1) is 12.8. The van der Waals surface area contributed by atoms with Gasteiger partial charge in [-0.25, -0.2) is 4.68 Å². The Labute approximate surface area is 124 Å². The Bertz CT molecular complexity index is 696. The molecular weight excluding hydrogens is 318 g/mol. The Kier molecular flexibility index (Phi) is 3.73. The largest absolute Gasteiger partial charge is 0.379 e. The summed E-state index contributed by atoms with van der Waals surface area (Å²) in [5, 5.41) is 11.3. The summed E-state index contributed by atoms with van der Waals surface area (Å²) in [6, 6.07) is 10.0. The van der Waals surface area contributed by atoms with E-state index in [0.29, 0.717) is 6.54 Å². The van der Waals surface area contributed by atoms with Crippen molar-refractivity contribution in [3.63, 3.8) is 0 Å². The molecule has 0 saturated heterocycles. The van der Waals surface area contributed by atoms with Crippen LogP contribution in [-0.2, 0) is 6.54 Å². The topological polar surface area (TPSA) is 55.6 Å². The maximum absolute atomic E-state index is 4.15. The van der Waals surface area contributed by atoms with E-state index in [2.05, 4.69) is 36.5 Å². The number of anilines is 1. The molecular formula is C14H12BrN5. The number of aromatic nitrogens is 4. The molecule has 0 bridgehead atoms. The van der Waals surface area contributed by atoms with Crippen LogP contribution < -0.4 is 5.32 Å². The predicted octanol–water partition coefficient (Wildman–Crippen LogP) is 3.04. The summed E-state index contributed by atoms with van der Waals surface area (Å²) in [6.07, 6.45) is 7.10. The Morgan fingerprint density at radius 1 is 1.20 bits per heavy atom. The maximum atomic E-state index is 4.15. The number of benzene rings is 1. The van der Waals surface area contributed by atoms with Gasteiger partial charge in [-0.2, -0.15) is 0 Å². The van der Waals surface area contributed by atoms with E-state index < -0.39 is 0 Å².